The first-order valence-electron chi connectivity index (χ1n) is 4.67. The van der Waals surface area contributed by atoms with Gasteiger partial charge in [-0.05, 0) is 24.3 Å². The fraction of sp³-hybridized carbons (Fsp3) is 0.300. The molecule has 0 aliphatic carbocycles. The van der Waals surface area contributed by atoms with Gasteiger partial charge in [-0.25, -0.2) is 0 Å². The number of hydrogen-bond acceptors (Lipinski definition) is 4. The number of carbonyl (C=O) groups excluding carboxylic acids is 1. The van der Waals surface area contributed by atoms with Gasteiger partial charge < -0.3 is 15.2 Å². The molecule has 1 aromatic rings. The van der Waals surface area contributed by atoms with Crippen molar-refractivity contribution >= 4 is 5.97 Å². The van der Waals surface area contributed by atoms with E-state index in [2.05, 4.69) is 4.74 Å². The van der Waals surface area contributed by atoms with Gasteiger partial charge in [0, 0.05) is 6.54 Å². The molecular formula is C10H10F3NO3. The SMILES string of the molecule is NCCC(=O)Oc1ccc(OC(F)(F)F)cc1. The predicted molar refractivity (Wildman–Crippen MR) is 52.4 cm³/mol. The highest BCUT2D eigenvalue weighted by molar-refractivity contribution is 5.72. The van der Waals surface area contributed by atoms with Crippen LogP contribution in [0, 0.1) is 0 Å². The van der Waals surface area contributed by atoms with Crippen LogP contribution >= 0.6 is 0 Å². The molecule has 0 unspecified atom stereocenters. The summed E-state index contributed by atoms with van der Waals surface area (Å²) in [5.41, 5.74) is 5.13. The van der Waals surface area contributed by atoms with E-state index in [-0.39, 0.29) is 24.5 Å². The summed E-state index contributed by atoms with van der Waals surface area (Å²) in [7, 11) is 0. The molecule has 0 aliphatic heterocycles. The van der Waals surface area contributed by atoms with Crippen LogP contribution in [0.5, 0.6) is 11.5 Å². The normalized spacial score (nSPS) is 11.1. The molecule has 4 nitrogen and oxygen atoms in total. The van der Waals surface area contributed by atoms with Crippen LogP contribution < -0.4 is 15.2 Å². The third-order valence-corrected chi connectivity index (χ3v) is 1.64. The quantitative estimate of drug-likeness (QED) is 0.653. The minimum absolute atomic E-state index is 0.0425. The van der Waals surface area contributed by atoms with Crippen LogP contribution in [0.15, 0.2) is 24.3 Å². The number of nitrogens with two attached hydrogens (primary N) is 1. The number of ether oxygens (including phenoxy) is 2. The van der Waals surface area contributed by atoms with Gasteiger partial charge in [0.25, 0.3) is 0 Å². The van der Waals surface area contributed by atoms with Gasteiger partial charge in [-0.1, -0.05) is 0 Å². The lowest BCUT2D eigenvalue weighted by Crippen LogP contribution is -2.17. The van der Waals surface area contributed by atoms with Crippen molar-refractivity contribution in [3.63, 3.8) is 0 Å². The van der Waals surface area contributed by atoms with Crippen LogP contribution in [0.1, 0.15) is 6.42 Å². The predicted octanol–water partition coefficient (Wildman–Crippen LogP) is 1.84. The second-order valence-corrected chi connectivity index (χ2v) is 3.03. The molecule has 0 fully saturated rings. The maximum atomic E-state index is 11.8. The van der Waals surface area contributed by atoms with Crippen molar-refractivity contribution in [2.24, 2.45) is 5.73 Å². The molecule has 0 atom stereocenters. The van der Waals surface area contributed by atoms with E-state index in [0.717, 1.165) is 12.1 Å². The van der Waals surface area contributed by atoms with Gasteiger partial charge in [0.05, 0.1) is 6.42 Å². The maximum absolute atomic E-state index is 11.8. The van der Waals surface area contributed by atoms with Crippen LogP contribution in [-0.4, -0.2) is 18.9 Å². The van der Waals surface area contributed by atoms with Gasteiger partial charge in [0.15, 0.2) is 0 Å². The monoisotopic (exact) mass is 249 g/mol. The van der Waals surface area contributed by atoms with Crippen LogP contribution in [-0.2, 0) is 4.79 Å². The first kappa shape index (κ1) is 13.3. The Balaban J connectivity index is 2.59. The van der Waals surface area contributed by atoms with E-state index >= 15 is 0 Å². The molecule has 0 radical (unpaired) electrons. The number of rotatable bonds is 4. The number of carbonyl (C=O) groups is 1. The van der Waals surface area contributed by atoms with Gasteiger partial charge >= 0.3 is 12.3 Å². The van der Waals surface area contributed by atoms with Crippen molar-refractivity contribution in [2.75, 3.05) is 6.54 Å². The molecule has 94 valence electrons. The summed E-state index contributed by atoms with van der Waals surface area (Å²) in [6.45, 7) is 0.147. The fourth-order valence-corrected chi connectivity index (χ4v) is 1.01. The summed E-state index contributed by atoms with van der Waals surface area (Å²) in [6, 6.07) is 4.52. The second-order valence-electron chi connectivity index (χ2n) is 3.03. The number of hydrogen-bond donors (Lipinski definition) is 1. The molecule has 0 amide bonds. The summed E-state index contributed by atoms with van der Waals surface area (Å²) < 4.78 is 43.9. The zero-order valence-corrected chi connectivity index (χ0v) is 8.66. The Kier molecular flexibility index (Phi) is 4.33. The molecule has 0 aliphatic rings. The Bertz CT molecular complexity index is 375. The van der Waals surface area contributed by atoms with Gasteiger partial charge in [-0.3, -0.25) is 4.79 Å². The highest BCUT2D eigenvalue weighted by Gasteiger charge is 2.30. The minimum Gasteiger partial charge on any atom is -0.426 e. The van der Waals surface area contributed by atoms with Gasteiger partial charge in [0.1, 0.15) is 11.5 Å². The first-order valence-corrected chi connectivity index (χ1v) is 4.67. The van der Waals surface area contributed by atoms with Crippen LogP contribution in [0.25, 0.3) is 0 Å². The molecule has 0 heterocycles. The minimum atomic E-state index is -4.74. The smallest absolute Gasteiger partial charge is 0.426 e. The zero-order valence-electron chi connectivity index (χ0n) is 8.66. The van der Waals surface area contributed by atoms with E-state index in [1.807, 2.05) is 0 Å². The van der Waals surface area contributed by atoms with E-state index in [1.54, 1.807) is 0 Å². The highest BCUT2D eigenvalue weighted by Crippen LogP contribution is 2.24. The van der Waals surface area contributed by atoms with E-state index < -0.39 is 12.3 Å². The number of halogens is 3. The van der Waals surface area contributed by atoms with Gasteiger partial charge in [0.2, 0.25) is 0 Å². The van der Waals surface area contributed by atoms with Crippen molar-refractivity contribution < 1.29 is 27.4 Å². The third-order valence-electron chi connectivity index (χ3n) is 1.64. The Morgan fingerprint density at radius 2 is 1.71 bits per heavy atom. The maximum Gasteiger partial charge on any atom is 0.573 e. The molecule has 1 rings (SSSR count). The molecule has 7 heteroatoms. The molecule has 0 spiro atoms. The molecule has 0 saturated carbocycles. The molecule has 2 N–H and O–H groups in total. The van der Waals surface area contributed by atoms with E-state index in [4.69, 9.17) is 10.5 Å². The lowest BCUT2D eigenvalue weighted by Gasteiger charge is -2.09. The molecule has 1 aromatic carbocycles. The Labute approximate surface area is 95.1 Å². The largest absolute Gasteiger partial charge is 0.573 e. The number of alkyl halides is 3. The Morgan fingerprint density at radius 1 is 1.18 bits per heavy atom. The first-order chi connectivity index (χ1) is 7.90. The zero-order chi connectivity index (χ0) is 12.9. The van der Waals surface area contributed by atoms with Crippen LogP contribution in [0.3, 0.4) is 0 Å². The van der Waals surface area contributed by atoms with Crippen molar-refractivity contribution in [2.45, 2.75) is 12.8 Å². The third kappa shape index (κ3) is 5.21. The second kappa shape index (κ2) is 5.53. The van der Waals surface area contributed by atoms with Crippen LogP contribution in [0.4, 0.5) is 13.2 Å². The average Bonchev–Trinajstić information content (AvgIpc) is 2.19. The van der Waals surface area contributed by atoms with Crippen molar-refractivity contribution in [1.29, 1.82) is 0 Å². The van der Waals surface area contributed by atoms with Gasteiger partial charge in [-0.2, -0.15) is 0 Å². The Morgan fingerprint density at radius 3 is 2.18 bits per heavy atom. The van der Waals surface area contributed by atoms with E-state index in [9.17, 15) is 18.0 Å². The van der Waals surface area contributed by atoms with E-state index in [0.29, 0.717) is 0 Å². The lowest BCUT2D eigenvalue weighted by atomic mass is 10.3. The lowest BCUT2D eigenvalue weighted by molar-refractivity contribution is -0.274. The standard InChI is InChI=1S/C10H10F3NO3/c11-10(12,13)17-8-3-1-7(2-4-8)16-9(15)5-6-14/h1-4H,5-6,14H2. The van der Waals surface area contributed by atoms with Crippen molar-refractivity contribution in [1.82, 2.24) is 0 Å². The topological polar surface area (TPSA) is 61.6 Å². The number of benzene rings is 1. The number of esters is 1. The molecule has 0 saturated heterocycles. The van der Waals surface area contributed by atoms with E-state index in [1.165, 1.54) is 12.1 Å². The van der Waals surface area contributed by atoms with Gasteiger partial charge in [-0.15, -0.1) is 13.2 Å². The Hall–Kier alpha value is -1.76. The summed E-state index contributed by atoms with van der Waals surface area (Å²) in [4.78, 5) is 11.0. The average molecular weight is 249 g/mol. The van der Waals surface area contributed by atoms with Crippen molar-refractivity contribution in [3.8, 4) is 11.5 Å². The summed E-state index contributed by atoms with van der Waals surface area (Å²) >= 11 is 0. The summed E-state index contributed by atoms with van der Waals surface area (Å²) in [6.07, 6.45) is -4.70. The van der Waals surface area contributed by atoms with Crippen LogP contribution in [0.2, 0.25) is 0 Å². The summed E-state index contributed by atoms with van der Waals surface area (Å²) in [5.74, 6) is -0.786. The van der Waals surface area contributed by atoms with Crippen molar-refractivity contribution in [3.05, 3.63) is 24.3 Å². The molecule has 0 aromatic heterocycles. The fourth-order valence-electron chi connectivity index (χ4n) is 1.01. The molecule has 0 bridgehead atoms. The molecule has 17 heavy (non-hydrogen) atoms. The molecular weight excluding hydrogens is 239 g/mol. The highest BCUT2D eigenvalue weighted by atomic mass is 19.4. The summed E-state index contributed by atoms with van der Waals surface area (Å²) in [5, 5.41) is 0.